The van der Waals surface area contributed by atoms with Crippen molar-refractivity contribution in [3.63, 3.8) is 0 Å². The summed E-state index contributed by atoms with van der Waals surface area (Å²) in [5.41, 5.74) is 0. The lowest BCUT2D eigenvalue weighted by atomic mass is 9.52. The largest absolute Gasteiger partial charge is 0.321 e. The van der Waals surface area contributed by atoms with Crippen LogP contribution in [0.25, 0.3) is 0 Å². The zero-order chi connectivity index (χ0) is 3.54. The minimum atomic E-state index is 0.778. The van der Waals surface area contributed by atoms with Crippen molar-refractivity contribution >= 4 is 14.5 Å². The molecule has 0 atom stereocenters. The summed E-state index contributed by atoms with van der Waals surface area (Å²) in [7, 11) is 1.83. The topological polar surface area (TPSA) is 18.5 Å². The van der Waals surface area contributed by atoms with Gasteiger partial charge in [0.1, 0.15) is 0 Å². The van der Waals surface area contributed by atoms with Crippen molar-refractivity contribution in [1.29, 1.82) is 0 Å². The van der Waals surface area contributed by atoms with Crippen LogP contribution in [0.2, 0.25) is 0 Å². The highest BCUT2D eigenvalue weighted by Gasteiger charge is 2.02. The molecule has 26 valence electrons. The highest BCUT2D eigenvalue weighted by Crippen LogP contribution is 1.80. The molecule has 0 aromatic carbocycles. The molecule has 0 bridgehead atoms. The summed E-state index contributed by atoms with van der Waals surface area (Å²) < 4.78 is 0. The molecule has 0 aliphatic carbocycles. The SMILES string of the molecule is B1BOOC1. The van der Waals surface area contributed by atoms with Crippen LogP contribution in [0.4, 0.5) is 0 Å². The smallest absolute Gasteiger partial charge is 0.285 e. The predicted molar refractivity (Wildman–Crippen MR) is 21.3 cm³/mol. The van der Waals surface area contributed by atoms with Gasteiger partial charge in [-0.3, -0.25) is 4.89 Å². The van der Waals surface area contributed by atoms with E-state index in [1.807, 2.05) is 0 Å². The van der Waals surface area contributed by atoms with E-state index in [1.165, 1.54) is 0 Å². The van der Waals surface area contributed by atoms with Crippen LogP contribution in [0.3, 0.4) is 0 Å². The molecule has 0 N–H and O–H groups in total. The highest BCUT2D eigenvalue weighted by molar-refractivity contribution is 6.97. The van der Waals surface area contributed by atoms with E-state index < -0.39 is 0 Å². The van der Waals surface area contributed by atoms with Crippen LogP contribution in [0.1, 0.15) is 0 Å². The van der Waals surface area contributed by atoms with Crippen molar-refractivity contribution in [1.82, 2.24) is 0 Å². The lowest BCUT2D eigenvalue weighted by Gasteiger charge is -1.80. The Bertz CT molecular complexity index is 19.2. The van der Waals surface area contributed by atoms with Gasteiger partial charge in [-0.25, -0.2) is 0 Å². The van der Waals surface area contributed by atoms with Crippen LogP contribution in [0.15, 0.2) is 0 Å². The monoisotopic (exact) mass is 70.0 g/mol. The van der Waals surface area contributed by atoms with Gasteiger partial charge in [-0.2, -0.15) is 0 Å². The molecule has 0 saturated carbocycles. The summed E-state index contributed by atoms with van der Waals surface area (Å²) in [6, 6.07) is 0. The van der Waals surface area contributed by atoms with Gasteiger partial charge in [-0.15, -0.1) is 0 Å². The van der Waals surface area contributed by atoms with Crippen LogP contribution in [-0.2, 0) is 9.69 Å². The minimum Gasteiger partial charge on any atom is -0.321 e. The molecule has 0 spiro atoms. The van der Waals surface area contributed by atoms with E-state index in [2.05, 4.69) is 9.69 Å². The summed E-state index contributed by atoms with van der Waals surface area (Å²) in [5.74, 6) is 0. The maximum atomic E-state index is 4.44. The first-order chi connectivity index (χ1) is 2.50. The van der Waals surface area contributed by atoms with E-state index >= 15 is 0 Å². The van der Waals surface area contributed by atoms with Gasteiger partial charge in [0.05, 0.1) is 0 Å². The zero-order valence-electron chi connectivity index (χ0n) is 2.94. The van der Waals surface area contributed by atoms with Crippen LogP contribution in [0.5, 0.6) is 0 Å². The molecule has 1 aliphatic heterocycles. The van der Waals surface area contributed by atoms with Gasteiger partial charge in [0.15, 0.2) is 7.17 Å². The van der Waals surface area contributed by atoms with Crippen molar-refractivity contribution in [2.75, 3.05) is 6.51 Å². The molecular weight excluding hydrogens is 65.6 g/mol. The average molecular weight is 69.7 g/mol. The summed E-state index contributed by atoms with van der Waals surface area (Å²) in [5, 5.41) is 0. The number of hydrogen-bond acceptors (Lipinski definition) is 2. The lowest BCUT2D eigenvalue weighted by Crippen LogP contribution is -1.94. The first-order valence-electron chi connectivity index (χ1n) is 1.74. The Balaban J connectivity index is 2.08. The average Bonchev–Trinajstić information content (AvgIpc) is 1.76. The minimum absolute atomic E-state index is 0.778. The Labute approximate surface area is 31.9 Å². The van der Waals surface area contributed by atoms with Crippen molar-refractivity contribution in [3.8, 4) is 0 Å². The molecule has 1 heterocycles. The molecule has 0 radical (unpaired) electrons. The summed E-state index contributed by atoms with van der Waals surface area (Å²) in [6.07, 6.45) is 0. The Morgan fingerprint density at radius 3 is 2.80 bits per heavy atom. The predicted octanol–water partition coefficient (Wildman–Crippen LogP) is -1.39. The Hall–Kier alpha value is 0.0499. The van der Waals surface area contributed by atoms with E-state index in [0.29, 0.717) is 0 Å². The molecule has 1 aliphatic rings. The second-order valence-corrected chi connectivity index (χ2v) is 0.998. The van der Waals surface area contributed by atoms with Gasteiger partial charge >= 0.3 is 0 Å². The van der Waals surface area contributed by atoms with Gasteiger partial charge in [0.2, 0.25) is 0 Å². The normalized spacial score (nSPS) is 20.8. The second-order valence-electron chi connectivity index (χ2n) is 0.998. The molecule has 1 saturated heterocycles. The third-order valence-electron chi connectivity index (χ3n) is 0.539. The molecule has 4 heteroatoms. The van der Waals surface area contributed by atoms with E-state index in [9.17, 15) is 0 Å². The van der Waals surface area contributed by atoms with Crippen LogP contribution < -0.4 is 0 Å². The van der Waals surface area contributed by atoms with Crippen molar-refractivity contribution < 1.29 is 9.69 Å². The maximum absolute atomic E-state index is 4.44. The molecule has 5 heavy (non-hydrogen) atoms. The van der Waals surface area contributed by atoms with Gasteiger partial charge < -0.3 is 4.81 Å². The highest BCUT2D eigenvalue weighted by atomic mass is 17.2. The molecule has 1 fully saturated rings. The Morgan fingerprint density at radius 2 is 2.60 bits per heavy atom. The maximum Gasteiger partial charge on any atom is 0.285 e. The first kappa shape index (κ1) is 3.25. The van der Waals surface area contributed by atoms with Crippen molar-refractivity contribution in [2.45, 2.75) is 0 Å². The molecule has 2 nitrogen and oxygen atoms in total. The second kappa shape index (κ2) is 1.48. The van der Waals surface area contributed by atoms with E-state index in [-0.39, 0.29) is 0 Å². The quantitative estimate of drug-likeness (QED) is 0.258. The molecule has 0 unspecified atom stereocenters. The van der Waals surface area contributed by atoms with Crippen molar-refractivity contribution in [2.24, 2.45) is 0 Å². The summed E-state index contributed by atoms with van der Waals surface area (Å²) >= 11 is 0. The third-order valence-corrected chi connectivity index (χ3v) is 0.539. The molecular formula is CH4B2O2. The van der Waals surface area contributed by atoms with Gasteiger partial charge in [0, 0.05) is 6.51 Å². The summed E-state index contributed by atoms with van der Waals surface area (Å²) in [6.45, 7) is 0.778. The van der Waals surface area contributed by atoms with Crippen LogP contribution >= 0.6 is 0 Å². The fourth-order valence-electron chi connectivity index (χ4n) is 0.295. The lowest BCUT2D eigenvalue weighted by molar-refractivity contribution is -0.177. The summed E-state index contributed by atoms with van der Waals surface area (Å²) in [4.78, 5) is 8.89. The van der Waals surface area contributed by atoms with Crippen LogP contribution in [-0.4, -0.2) is 21.0 Å². The van der Waals surface area contributed by atoms with E-state index in [4.69, 9.17) is 0 Å². The molecule has 0 aromatic rings. The molecule has 1 rings (SSSR count). The van der Waals surface area contributed by atoms with Gasteiger partial charge in [-0.05, 0) is 0 Å². The van der Waals surface area contributed by atoms with Crippen molar-refractivity contribution in [3.05, 3.63) is 0 Å². The standard InChI is InChI=1S/CH4B2O2/c1-2-3-5-4-1/h2-3H,1H2. The number of hydrogen-bond donors (Lipinski definition) is 0. The Kier molecular flexibility index (Phi) is 0.960. The Morgan fingerprint density at radius 1 is 1.60 bits per heavy atom. The molecule has 0 aromatic heterocycles. The molecule has 0 amide bonds. The first-order valence-corrected chi connectivity index (χ1v) is 1.74. The number of rotatable bonds is 0. The fraction of sp³-hybridized carbons (Fsp3) is 1.00. The zero-order valence-corrected chi connectivity index (χ0v) is 2.94. The van der Waals surface area contributed by atoms with Gasteiger partial charge in [-0.1, -0.05) is 0 Å². The third kappa shape index (κ3) is 0.667. The van der Waals surface area contributed by atoms with Gasteiger partial charge in [0.25, 0.3) is 7.37 Å². The van der Waals surface area contributed by atoms with Crippen LogP contribution in [0, 0.1) is 0 Å². The fourth-order valence-corrected chi connectivity index (χ4v) is 0.295. The van der Waals surface area contributed by atoms with E-state index in [1.54, 1.807) is 0 Å². The van der Waals surface area contributed by atoms with E-state index in [0.717, 1.165) is 21.0 Å².